The molecule has 0 saturated carbocycles. The van der Waals surface area contributed by atoms with Crippen molar-refractivity contribution in [2.24, 2.45) is 4.99 Å². The molecule has 0 bridgehead atoms. The van der Waals surface area contributed by atoms with Crippen molar-refractivity contribution < 1.29 is 9.53 Å². The van der Waals surface area contributed by atoms with Gasteiger partial charge < -0.3 is 9.64 Å². The van der Waals surface area contributed by atoms with Crippen LogP contribution in [0, 0.1) is 13.8 Å². The Balaban J connectivity index is 1.74. The Kier molecular flexibility index (Phi) is 5.36. The van der Waals surface area contributed by atoms with Gasteiger partial charge in [-0.1, -0.05) is 23.9 Å². The summed E-state index contributed by atoms with van der Waals surface area (Å²) < 4.78 is 5.36. The van der Waals surface area contributed by atoms with Gasteiger partial charge in [0.25, 0.3) is 5.91 Å². The first-order valence-electron chi connectivity index (χ1n) is 9.42. The van der Waals surface area contributed by atoms with Crippen LogP contribution in [0.25, 0.3) is 0 Å². The number of carbonyl (C=O) groups excluding carboxylic acids is 1. The van der Waals surface area contributed by atoms with Crippen molar-refractivity contribution in [2.75, 3.05) is 25.6 Å². The van der Waals surface area contributed by atoms with Gasteiger partial charge in [-0.3, -0.25) is 9.69 Å². The van der Waals surface area contributed by atoms with E-state index in [2.05, 4.69) is 30.0 Å². The maximum absolute atomic E-state index is 13.2. The highest BCUT2D eigenvalue weighted by atomic mass is 32.2. The number of ether oxygens (including phenoxy) is 1. The van der Waals surface area contributed by atoms with Gasteiger partial charge in [0.05, 0.1) is 23.5 Å². The van der Waals surface area contributed by atoms with Crippen LogP contribution >= 0.6 is 23.5 Å². The van der Waals surface area contributed by atoms with Crippen molar-refractivity contribution in [3.8, 4) is 5.75 Å². The molecule has 2 aromatic carbocycles. The molecule has 2 heterocycles. The SMILES string of the molecule is CCN1C(=O)C(=C2Sc3ccc(OC)cc3N2C)SC1=Nc1cc(C)ccc1C. The third-order valence-electron chi connectivity index (χ3n) is 4.99. The number of likely N-dealkylation sites (N-methyl/N-ethyl adjacent to an activating group) is 1. The van der Waals surface area contributed by atoms with Gasteiger partial charge in [-0.05, 0) is 61.9 Å². The summed E-state index contributed by atoms with van der Waals surface area (Å²) in [5.74, 6) is 0.816. The molecule has 4 rings (SSSR count). The molecule has 29 heavy (non-hydrogen) atoms. The number of thioether (sulfide) groups is 2. The molecular formula is C22H23N3O2S2. The molecule has 2 aliphatic heterocycles. The van der Waals surface area contributed by atoms with Crippen LogP contribution in [0.15, 0.2) is 56.2 Å². The van der Waals surface area contributed by atoms with Gasteiger partial charge in [-0.25, -0.2) is 4.99 Å². The van der Waals surface area contributed by atoms with Crippen LogP contribution in [0.2, 0.25) is 0 Å². The molecule has 7 heteroatoms. The van der Waals surface area contributed by atoms with E-state index in [0.29, 0.717) is 6.54 Å². The summed E-state index contributed by atoms with van der Waals surface area (Å²) in [5.41, 5.74) is 4.21. The summed E-state index contributed by atoms with van der Waals surface area (Å²) in [5, 5.41) is 1.67. The minimum atomic E-state index is 0.00989. The molecular weight excluding hydrogens is 402 g/mol. The zero-order valence-corrected chi connectivity index (χ0v) is 18.8. The zero-order valence-electron chi connectivity index (χ0n) is 17.1. The molecule has 0 atom stereocenters. The van der Waals surface area contributed by atoms with Gasteiger partial charge in [-0.2, -0.15) is 0 Å². The Morgan fingerprint density at radius 1 is 1.10 bits per heavy atom. The number of rotatable bonds is 3. The normalized spacial score (nSPS) is 20.0. The average molecular weight is 426 g/mol. The van der Waals surface area contributed by atoms with Crippen LogP contribution in [-0.4, -0.2) is 36.7 Å². The average Bonchev–Trinajstić information content (AvgIpc) is 3.20. The predicted octanol–water partition coefficient (Wildman–Crippen LogP) is 5.31. The Labute approximate surface area is 179 Å². The highest BCUT2D eigenvalue weighted by molar-refractivity contribution is 8.19. The number of fused-ring (bicyclic) bond motifs is 1. The first kappa shape index (κ1) is 19.9. The minimum absolute atomic E-state index is 0.00989. The Hall–Kier alpha value is -2.38. The Morgan fingerprint density at radius 3 is 2.62 bits per heavy atom. The summed E-state index contributed by atoms with van der Waals surface area (Å²) >= 11 is 3.07. The van der Waals surface area contributed by atoms with Crippen LogP contribution < -0.4 is 9.64 Å². The van der Waals surface area contributed by atoms with E-state index in [-0.39, 0.29) is 5.91 Å². The van der Waals surface area contributed by atoms with Crippen LogP contribution in [0.4, 0.5) is 11.4 Å². The summed E-state index contributed by atoms with van der Waals surface area (Å²) in [6.07, 6.45) is 0. The molecule has 0 radical (unpaired) electrons. The fourth-order valence-electron chi connectivity index (χ4n) is 3.29. The Bertz CT molecular complexity index is 1060. The topological polar surface area (TPSA) is 45.1 Å². The molecule has 2 aliphatic rings. The lowest BCUT2D eigenvalue weighted by atomic mass is 10.1. The second-order valence-electron chi connectivity index (χ2n) is 6.96. The lowest BCUT2D eigenvalue weighted by Gasteiger charge is -2.15. The number of methoxy groups -OCH3 is 1. The summed E-state index contributed by atoms with van der Waals surface area (Å²) in [6.45, 7) is 6.66. The lowest BCUT2D eigenvalue weighted by molar-refractivity contribution is -0.122. The number of amides is 1. The van der Waals surface area contributed by atoms with Gasteiger partial charge in [0.15, 0.2) is 5.17 Å². The summed E-state index contributed by atoms with van der Waals surface area (Å²) in [7, 11) is 3.65. The molecule has 0 aliphatic carbocycles. The molecule has 150 valence electrons. The van der Waals surface area contributed by atoms with Crippen LogP contribution in [-0.2, 0) is 4.79 Å². The predicted molar refractivity (Wildman–Crippen MR) is 122 cm³/mol. The number of anilines is 1. The van der Waals surface area contributed by atoms with E-state index in [1.54, 1.807) is 23.8 Å². The Morgan fingerprint density at radius 2 is 1.90 bits per heavy atom. The maximum Gasteiger partial charge on any atom is 0.269 e. The fourth-order valence-corrected chi connectivity index (χ4v) is 5.67. The first-order valence-corrected chi connectivity index (χ1v) is 11.1. The van der Waals surface area contributed by atoms with Crippen molar-refractivity contribution in [1.82, 2.24) is 4.90 Å². The molecule has 0 spiro atoms. The van der Waals surface area contributed by atoms with E-state index < -0.39 is 0 Å². The number of carbonyl (C=O) groups is 1. The second kappa shape index (κ2) is 7.80. The van der Waals surface area contributed by atoms with E-state index in [9.17, 15) is 4.79 Å². The first-order chi connectivity index (χ1) is 13.9. The molecule has 5 nitrogen and oxygen atoms in total. The van der Waals surface area contributed by atoms with Gasteiger partial charge in [-0.15, -0.1) is 0 Å². The largest absolute Gasteiger partial charge is 0.497 e. The summed E-state index contributed by atoms with van der Waals surface area (Å²) in [4.78, 5) is 23.7. The molecule has 2 aromatic rings. The van der Waals surface area contributed by atoms with Crippen molar-refractivity contribution in [1.29, 1.82) is 0 Å². The number of hydrogen-bond donors (Lipinski definition) is 0. The number of aryl methyl sites for hydroxylation is 2. The van der Waals surface area contributed by atoms with Crippen molar-refractivity contribution >= 4 is 46.0 Å². The van der Waals surface area contributed by atoms with E-state index in [4.69, 9.17) is 9.73 Å². The summed E-state index contributed by atoms with van der Waals surface area (Å²) in [6, 6.07) is 12.2. The number of aliphatic imine (C=N–C) groups is 1. The van der Waals surface area contributed by atoms with E-state index in [0.717, 1.165) is 48.2 Å². The third-order valence-corrected chi connectivity index (χ3v) is 7.43. The minimum Gasteiger partial charge on any atom is -0.497 e. The monoisotopic (exact) mass is 425 g/mol. The van der Waals surface area contributed by atoms with Gasteiger partial charge in [0, 0.05) is 24.6 Å². The van der Waals surface area contributed by atoms with Crippen LogP contribution in [0.5, 0.6) is 5.75 Å². The molecule has 0 unspecified atom stereocenters. The smallest absolute Gasteiger partial charge is 0.269 e. The number of nitrogens with zero attached hydrogens (tertiary/aromatic N) is 3. The lowest BCUT2D eigenvalue weighted by Crippen LogP contribution is -2.29. The van der Waals surface area contributed by atoms with Crippen LogP contribution in [0.1, 0.15) is 18.1 Å². The standard InChI is InChI=1S/C22H23N3O2S2/c1-6-25-20(26)19(29-22(25)23-16-11-13(2)7-8-14(16)3)21-24(4)17-12-15(27-5)9-10-18(17)28-21/h7-12H,6H2,1-5H3. The number of hydrogen-bond acceptors (Lipinski definition) is 6. The quantitative estimate of drug-likeness (QED) is 0.624. The zero-order chi connectivity index (χ0) is 20.7. The van der Waals surface area contributed by atoms with E-state index in [1.165, 1.54) is 11.8 Å². The number of amidine groups is 1. The van der Waals surface area contributed by atoms with Gasteiger partial charge in [0.1, 0.15) is 10.7 Å². The highest BCUT2D eigenvalue weighted by Crippen LogP contribution is 2.51. The van der Waals surface area contributed by atoms with Crippen molar-refractivity contribution in [2.45, 2.75) is 25.7 Å². The highest BCUT2D eigenvalue weighted by Gasteiger charge is 2.38. The van der Waals surface area contributed by atoms with E-state index in [1.807, 2.05) is 39.1 Å². The van der Waals surface area contributed by atoms with Crippen molar-refractivity contribution in [3.05, 3.63) is 57.5 Å². The third kappa shape index (κ3) is 3.53. The van der Waals surface area contributed by atoms with E-state index >= 15 is 0 Å². The fraction of sp³-hybridized carbons (Fsp3) is 0.273. The molecule has 1 amide bonds. The molecule has 1 saturated heterocycles. The second-order valence-corrected chi connectivity index (χ2v) is 8.97. The molecule has 0 N–H and O–H groups in total. The maximum atomic E-state index is 13.2. The van der Waals surface area contributed by atoms with Crippen molar-refractivity contribution in [3.63, 3.8) is 0 Å². The molecule has 0 aromatic heterocycles. The molecule has 1 fully saturated rings. The van der Waals surface area contributed by atoms with Gasteiger partial charge in [0.2, 0.25) is 0 Å². The number of benzene rings is 2. The van der Waals surface area contributed by atoms with Crippen LogP contribution in [0.3, 0.4) is 0 Å². The van der Waals surface area contributed by atoms with Gasteiger partial charge >= 0.3 is 0 Å².